The summed E-state index contributed by atoms with van der Waals surface area (Å²) in [6, 6.07) is 15.9. The molecule has 17 heteroatoms. The van der Waals surface area contributed by atoms with Gasteiger partial charge in [-0.05, 0) is 72.4 Å². The second kappa shape index (κ2) is 20.2. The van der Waals surface area contributed by atoms with E-state index in [0.717, 1.165) is 5.56 Å². The van der Waals surface area contributed by atoms with Gasteiger partial charge in [0.2, 0.25) is 36.7 Å². The lowest BCUT2D eigenvalue weighted by Gasteiger charge is -2.33. The van der Waals surface area contributed by atoms with Gasteiger partial charge in [0.05, 0.1) is 11.8 Å². The van der Waals surface area contributed by atoms with Crippen LogP contribution in [0.4, 0.5) is 4.79 Å². The first kappa shape index (κ1) is 45.5. The number of nitro groups is 2. The summed E-state index contributed by atoms with van der Waals surface area (Å²) in [5, 5.41) is 36.8. The van der Waals surface area contributed by atoms with Crippen molar-refractivity contribution in [3.8, 4) is 0 Å². The maximum absolute atomic E-state index is 13.8. The van der Waals surface area contributed by atoms with Gasteiger partial charge in [-0.25, -0.2) is 4.79 Å². The number of alkyl carbamates (subject to hydrolysis) is 1. The van der Waals surface area contributed by atoms with Crippen LogP contribution in [0.5, 0.6) is 0 Å². The SMILES string of the molecule is CNC(=O)C[C@H](C[N+](=O)[O-])[C@H](Cc1ccccc1)NC(=O)C(C)(C)NC(=O)C[C@H](C[N+](=O)[O-])[C@H](Cc1ccccc1)NC(=O)C(C)(C)NC(=O)OC(C)(C)C. The van der Waals surface area contributed by atoms with Crippen LogP contribution < -0.4 is 26.6 Å². The van der Waals surface area contributed by atoms with Crippen LogP contribution in [0.25, 0.3) is 0 Å². The molecule has 0 aliphatic heterocycles. The molecule has 2 aromatic rings. The number of nitrogens with one attached hydrogen (secondary N) is 5. The quantitative estimate of drug-likeness (QED) is 0.0974. The van der Waals surface area contributed by atoms with Gasteiger partial charge >= 0.3 is 6.09 Å². The lowest BCUT2D eigenvalue weighted by molar-refractivity contribution is -0.488. The predicted octanol–water partition coefficient (Wildman–Crippen LogP) is 2.95. The first-order valence-electron chi connectivity index (χ1n) is 18.0. The number of ether oxygens (including phenoxy) is 1. The van der Waals surface area contributed by atoms with E-state index in [9.17, 15) is 44.2 Å². The molecule has 0 bridgehead atoms. The highest BCUT2D eigenvalue weighted by molar-refractivity contribution is 5.91. The number of nitrogens with zero attached hydrogens (tertiary/aromatic N) is 2. The van der Waals surface area contributed by atoms with Gasteiger partial charge in [-0.2, -0.15) is 0 Å². The number of carbonyl (C=O) groups excluding carboxylic acids is 5. The Morgan fingerprint density at radius 2 is 1.02 bits per heavy atom. The second-order valence-electron chi connectivity index (χ2n) is 15.6. The fourth-order valence-corrected chi connectivity index (χ4v) is 5.81. The molecule has 0 aliphatic carbocycles. The lowest BCUT2D eigenvalue weighted by atomic mass is 9.88. The molecule has 0 radical (unpaired) electrons. The Labute approximate surface area is 321 Å². The molecule has 0 fully saturated rings. The van der Waals surface area contributed by atoms with Crippen molar-refractivity contribution in [2.24, 2.45) is 11.8 Å². The molecule has 0 saturated heterocycles. The van der Waals surface area contributed by atoms with Gasteiger partial charge in [-0.15, -0.1) is 0 Å². The number of hydrogen-bond acceptors (Lipinski definition) is 10. The number of hydrogen-bond donors (Lipinski definition) is 5. The highest BCUT2D eigenvalue weighted by Gasteiger charge is 2.39. The monoisotopic (exact) mass is 769 g/mol. The Balaban J connectivity index is 2.37. The van der Waals surface area contributed by atoms with Crippen molar-refractivity contribution >= 4 is 29.7 Å². The number of rotatable bonds is 20. The number of benzene rings is 2. The Hall–Kier alpha value is -5.61. The predicted molar refractivity (Wildman–Crippen MR) is 204 cm³/mol. The van der Waals surface area contributed by atoms with E-state index in [1.807, 2.05) is 0 Å². The minimum atomic E-state index is -1.63. The van der Waals surface area contributed by atoms with Crippen LogP contribution in [0.3, 0.4) is 0 Å². The third-order valence-electron chi connectivity index (χ3n) is 8.71. The average molecular weight is 770 g/mol. The summed E-state index contributed by atoms with van der Waals surface area (Å²) in [6.07, 6.45) is -1.34. The Kier molecular flexibility index (Phi) is 16.7. The summed E-state index contributed by atoms with van der Waals surface area (Å²) in [5.74, 6) is -4.58. The van der Waals surface area contributed by atoms with E-state index in [1.165, 1.54) is 34.7 Å². The zero-order valence-corrected chi connectivity index (χ0v) is 32.8. The zero-order chi connectivity index (χ0) is 41.6. The molecular weight excluding hydrogens is 714 g/mol. The van der Waals surface area contributed by atoms with Crippen LogP contribution in [-0.4, -0.2) is 88.5 Å². The molecule has 17 nitrogen and oxygen atoms in total. The number of carbonyl (C=O) groups is 5. The molecule has 4 atom stereocenters. The van der Waals surface area contributed by atoms with E-state index >= 15 is 0 Å². The van der Waals surface area contributed by atoms with Gasteiger partial charge < -0.3 is 31.3 Å². The van der Waals surface area contributed by atoms with Crippen LogP contribution in [-0.2, 0) is 36.8 Å². The maximum atomic E-state index is 13.8. The summed E-state index contributed by atoms with van der Waals surface area (Å²) in [5.41, 5.74) is -2.54. The molecule has 5 N–H and O–H groups in total. The largest absolute Gasteiger partial charge is 0.444 e. The third-order valence-corrected chi connectivity index (χ3v) is 8.71. The van der Waals surface area contributed by atoms with Crippen molar-refractivity contribution < 1.29 is 38.6 Å². The summed E-state index contributed by atoms with van der Waals surface area (Å²) < 4.78 is 5.30. The first-order chi connectivity index (χ1) is 25.5. The molecule has 55 heavy (non-hydrogen) atoms. The van der Waals surface area contributed by atoms with Gasteiger partial charge in [0.25, 0.3) is 0 Å². The molecule has 5 amide bonds. The van der Waals surface area contributed by atoms with E-state index < -0.39 is 99.7 Å². The van der Waals surface area contributed by atoms with Gasteiger partial charge in [-0.3, -0.25) is 39.4 Å². The van der Waals surface area contributed by atoms with Gasteiger partial charge in [-0.1, -0.05) is 60.7 Å². The van der Waals surface area contributed by atoms with Crippen molar-refractivity contribution in [2.45, 2.75) is 103 Å². The minimum absolute atomic E-state index is 0.0924. The van der Waals surface area contributed by atoms with E-state index in [0.29, 0.717) is 5.56 Å². The normalized spacial score (nSPS) is 13.9. The van der Waals surface area contributed by atoms with Crippen molar-refractivity contribution in [3.63, 3.8) is 0 Å². The molecule has 0 saturated carbocycles. The lowest BCUT2D eigenvalue weighted by Crippen LogP contribution is -2.60. The molecule has 0 heterocycles. The van der Waals surface area contributed by atoms with Crippen molar-refractivity contribution in [2.75, 3.05) is 20.1 Å². The number of amides is 5. The van der Waals surface area contributed by atoms with Crippen LogP contribution in [0, 0.1) is 32.1 Å². The van der Waals surface area contributed by atoms with Crippen LogP contribution in [0.15, 0.2) is 60.7 Å². The van der Waals surface area contributed by atoms with E-state index in [2.05, 4.69) is 26.6 Å². The Morgan fingerprint density at radius 3 is 1.38 bits per heavy atom. The molecular formula is C38H55N7O10. The molecule has 2 rings (SSSR count). The summed E-state index contributed by atoms with van der Waals surface area (Å²) >= 11 is 0. The van der Waals surface area contributed by atoms with E-state index in [1.54, 1.807) is 81.4 Å². The van der Waals surface area contributed by atoms with Crippen molar-refractivity contribution in [3.05, 3.63) is 92.0 Å². The van der Waals surface area contributed by atoms with Crippen LogP contribution >= 0.6 is 0 Å². The van der Waals surface area contributed by atoms with E-state index in [4.69, 9.17) is 4.74 Å². The van der Waals surface area contributed by atoms with Gasteiger partial charge in [0.1, 0.15) is 16.7 Å². The Bertz CT molecular complexity index is 1650. The Morgan fingerprint density at radius 1 is 0.636 bits per heavy atom. The molecule has 2 aromatic carbocycles. The van der Waals surface area contributed by atoms with Crippen LogP contribution in [0.1, 0.15) is 72.4 Å². The van der Waals surface area contributed by atoms with Crippen molar-refractivity contribution in [1.82, 2.24) is 26.6 Å². The van der Waals surface area contributed by atoms with E-state index in [-0.39, 0.29) is 19.3 Å². The molecule has 0 spiro atoms. The molecule has 0 aromatic heterocycles. The first-order valence-corrected chi connectivity index (χ1v) is 18.0. The minimum Gasteiger partial charge on any atom is -0.444 e. The highest BCUT2D eigenvalue weighted by Crippen LogP contribution is 2.20. The topological polar surface area (TPSA) is 241 Å². The average Bonchev–Trinajstić information content (AvgIpc) is 3.06. The fourth-order valence-electron chi connectivity index (χ4n) is 5.81. The summed E-state index contributed by atoms with van der Waals surface area (Å²) in [4.78, 5) is 88.4. The standard InChI is InChI=1S/C38H55N7O10/c1-36(2,3)55-35(50)43-38(6,7)34(49)41-30(20-26-17-13-10-14-18-26)28(24-45(53)54)22-32(47)42-37(4,5)33(48)40-29(19-25-15-11-9-12-16-25)27(23-44(51)52)21-31(46)39-8/h9-18,27-30H,19-24H2,1-8H3,(H,39,46)(H,40,48)(H,41,49)(H,42,47)(H,43,50)/t27-,28-,29+,30+/m1/s1. The third kappa shape index (κ3) is 16.5. The molecule has 302 valence electrons. The highest BCUT2D eigenvalue weighted by atomic mass is 16.6. The van der Waals surface area contributed by atoms with Gasteiger partial charge in [0.15, 0.2) is 0 Å². The van der Waals surface area contributed by atoms with Crippen LogP contribution in [0.2, 0.25) is 0 Å². The molecule has 0 aliphatic rings. The van der Waals surface area contributed by atoms with Crippen molar-refractivity contribution in [1.29, 1.82) is 0 Å². The zero-order valence-electron chi connectivity index (χ0n) is 32.8. The second-order valence-corrected chi connectivity index (χ2v) is 15.6. The summed E-state index contributed by atoms with van der Waals surface area (Å²) in [6.45, 7) is 9.37. The molecule has 0 unspecified atom stereocenters. The summed E-state index contributed by atoms with van der Waals surface area (Å²) in [7, 11) is 1.40. The van der Waals surface area contributed by atoms with Gasteiger partial charge in [0, 0.05) is 41.8 Å². The maximum Gasteiger partial charge on any atom is 0.408 e. The smallest absolute Gasteiger partial charge is 0.408 e. The fraction of sp³-hybridized carbons (Fsp3) is 0.553.